The van der Waals surface area contributed by atoms with E-state index in [1.165, 1.54) is 22.9 Å². The van der Waals surface area contributed by atoms with Gasteiger partial charge in [-0.1, -0.05) is 0 Å². The summed E-state index contributed by atoms with van der Waals surface area (Å²) < 4.78 is 59.9. The number of aryl methyl sites for hydroxylation is 1. The van der Waals surface area contributed by atoms with Gasteiger partial charge in [-0.15, -0.1) is 0 Å². The van der Waals surface area contributed by atoms with Crippen molar-refractivity contribution in [1.29, 1.82) is 0 Å². The molecule has 1 aromatic carbocycles. The van der Waals surface area contributed by atoms with E-state index in [0.29, 0.717) is 5.39 Å². The Balaban J connectivity index is 2.38. The van der Waals surface area contributed by atoms with Gasteiger partial charge in [0.05, 0.1) is 0 Å². The van der Waals surface area contributed by atoms with Crippen molar-refractivity contribution >= 4 is 26.6 Å². The Bertz CT molecular complexity index is 689. The molecule has 0 spiro atoms. The highest BCUT2D eigenvalue weighted by molar-refractivity contribution is 7.93. The van der Waals surface area contributed by atoms with Gasteiger partial charge < -0.3 is 4.98 Å². The molecule has 98 valence electrons. The maximum absolute atomic E-state index is 12.2. The summed E-state index contributed by atoms with van der Waals surface area (Å²) in [5.41, 5.74) is -3.89. The molecule has 0 aliphatic carbocycles. The number of alkyl halides is 3. The van der Waals surface area contributed by atoms with Crippen LogP contribution in [0.4, 0.5) is 18.9 Å². The van der Waals surface area contributed by atoms with Gasteiger partial charge in [0.1, 0.15) is 0 Å². The number of rotatable bonds is 2. The van der Waals surface area contributed by atoms with Crippen molar-refractivity contribution in [3.63, 3.8) is 0 Å². The number of halogens is 3. The molecule has 2 N–H and O–H groups in total. The van der Waals surface area contributed by atoms with Gasteiger partial charge in [-0.2, -0.15) is 21.6 Å². The highest BCUT2D eigenvalue weighted by atomic mass is 32.2. The monoisotopic (exact) mass is 278 g/mol. The van der Waals surface area contributed by atoms with Crippen LogP contribution in [0.25, 0.3) is 10.9 Å². The number of anilines is 1. The molecule has 0 atom stereocenters. The van der Waals surface area contributed by atoms with Crippen LogP contribution in [0.5, 0.6) is 0 Å². The molecule has 0 fully saturated rings. The van der Waals surface area contributed by atoms with Gasteiger partial charge in [-0.3, -0.25) is 4.72 Å². The average Bonchev–Trinajstić information content (AvgIpc) is 2.54. The van der Waals surface area contributed by atoms with Crippen molar-refractivity contribution < 1.29 is 21.6 Å². The molecule has 4 nitrogen and oxygen atoms in total. The standard InChI is InChI=1S/C10H9F3N2O2S/c1-6-4-7-5-8(2-3-9(7)14-6)15-18(16,17)10(11,12)13/h2-5,14-15H,1H3. The minimum Gasteiger partial charge on any atom is -0.359 e. The number of sulfonamides is 1. The zero-order valence-electron chi connectivity index (χ0n) is 9.17. The summed E-state index contributed by atoms with van der Waals surface area (Å²) in [5.74, 6) is 0. The Hall–Kier alpha value is -1.70. The Kier molecular flexibility index (Phi) is 2.77. The summed E-state index contributed by atoms with van der Waals surface area (Å²) in [6, 6.07) is 5.82. The van der Waals surface area contributed by atoms with E-state index in [-0.39, 0.29) is 5.69 Å². The summed E-state index contributed by atoms with van der Waals surface area (Å²) in [4.78, 5) is 2.98. The number of hydrogen-bond acceptors (Lipinski definition) is 2. The van der Waals surface area contributed by atoms with Crippen LogP contribution >= 0.6 is 0 Å². The number of H-pyrrole nitrogens is 1. The lowest BCUT2D eigenvalue weighted by Gasteiger charge is -2.10. The van der Waals surface area contributed by atoms with E-state index in [0.717, 1.165) is 11.2 Å². The number of aromatic nitrogens is 1. The van der Waals surface area contributed by atoms with Crippen LogP contribution in [0, 0.1) is 6.92 Å². The second kappa shape index (κ2) is 3.91. The number of nitrogens with one attached hydrogen (secondary N) is 2. The molecular formula is C10H9F3N2O2S. The molecule has 0 radical (unpaired) electrons. The summed E-state index contributed by atoms with van der Waals surface area (Å²) >= 11 is 0. The van der Waals surface area contributed by atoms with Crippen molar-refractivity contribution in [1.82, 2.24) is 4.98 Å². The maximum Gasteiger partial charge on any atom is 0.516 e. The number of benzene rings is 1. The van der Waals surface area contributed by atoms with E-state index in [1.807, 2.05) is 0 Å². The second-order valence-electron chi connectivity index (χ2n) is 3.81. The zero-order chi connectivity index (χ0) is 13.6. The van der Waals surface area contributed by atoms with Crippen molar-refractivity contribution in [2.45, 2.75) is 12.4 Å². The molecule has 18 heavy (non-hydrogen) atoms. The van der Waals surface area contributed by atoms with Crippen LogP contribution < -0.4 is 4.72 Å². The minimum atomic E-state index is -5.37. The fourth-order valence-corrected chi connectivity index (χ4v) is 2.11. The van der Waals surface area contributed by atoms with Crippen LogP contribution in [-0.4, -0.2) is 18.9 Å². The van der Waals surface area contributed by atoms with Gasteiger partial charge in [-0.25, -0.2) is 0 Å². The van der Waals surface area contributed by atoms with Crippen LogP contribution in [0.3, 0.4) is 0 Å². The third kappa shape index (κ3) is 2.28. The lowest BCUT2D eigenvalue weighted by molar-refractivity contribution is -0.0429. The van der Waals surface area contributed by atoms with Gasteiger partial charge in [0.25, 0.3) is 0 Å². The predicted octanol–water partition coefficient (Wildman–Crippen LogP) is 2.74. The fraction of sp³-hybridized carbons (Fsp3) is 0.200. The Morgan fingerprint density at radius 1 is 1.22 bits per heavy atom. The molecule has 2 aromatic rings. The first-order valence-corrected chi connectivity index (χ1v) is 6.36. The minimum absolute atomic E-state index is 0.126. The van der Waals surface area contributed by atoms with Gasteiger partial charge >= 0.3 is 15.5 Å². The van der Waals surface area contributed by atoms with Crippen molar-refractivity contribution in [3.05, 3.63) is 30.0 Å². The zero-order valence-corrected chi connectivity index (χ0v) is 9.98. The Morgan fingerprint density at radius 3 is 2.50 bits per heavy atom. The quantitative estimate of drug-likeness (QED) is 0.887. The lowest BCUT2D eigenvalue weighted by atomic mass is 10.2. The smallest absolute Gasteiger partial charge is 0.359 e. The van der Waals surface area contributed by atoms with Crippen molar-refractivity contribution in [2.24, 2.45) is 0 Å². The van der Waals surface area contributed by atoms with E-state index >= 15 is 0 Å². The highest BCUT2D eigenvalue weighted by Gasteiger charge is 2.46. The Labute approximate surface area is 101 Å². The van der Waals surface area contributed by atoms with Crippen LogP contribution in [-0.2, 0) is 10.0 Å². The fourth-order valence-electron chi connectivity index (χ4n) is 1.55. The first kappa shape index (κ1) is 12.7. The number of hydrogen-bond donors (Lipinski definition) is 2. The molecule has 1 aromatic heterocycles. The number of fused-ring (bicyclic) bond motifs is 1. The highest BCUT2D eigenvalue weighted by Crippen LogP contribution is 2.27. The molecule has 1 heterocycles. The summed E-state index contributed by atoms with van der Waals surface area (Å²) in [6.07, 6.45) is 0. The van der Waals surface area contributed by atoms with Crippen LogP contribution in [0.1, 0.15) is 5.69 Å². The van der Waals surface area contributed by atoms with E-state index in [1.54, 1.807) is 13.0 Å². The largest absolute Gasteiger partial charge is 0.516 e. The summed E-state index contributed by atoms with van der Waals surface area (Å²) in [6.45, 7) is 1.79. The lowest BCUT2D eigenvalue weighted by Crippen LogP contribution is -2.29. The summed E-state index contributed by atoms with van der Waals surface area (Å²) in [5, 5.41) is 0.634. The first-order chi connectivity index (χ1) is 8.19. The second-order valence-corrected chi connectivity index (χ2v) is 5.48. The van der Waals surface area contributed by atoms with Crippen molar-refractivity contribution in [2.75, 3.05) is 4.72 Å². The molecule has 0 saturated carbocycles. The SMILES string of the molecule is Cc1cc2cc(NS(=O)(=O)C(F)(F)F)ccc2[nH]1. The molecule has 8 heteroatoms. The average molecular weight is 278 g/mol. The van der Waals surface area contributed by atoms with Crippen molar-refractivity contribution in [3.8, 4) is 0 Å². The molecule has 0 amide bonds. The van der Waals surface area contributed by atoms with Gasteiger partial charge in [0, 0.05) is 22.3 Å². The molecule has 0 aliphatic heterocycles. The third-order valence-electron chi connectivity index (χ3n) is 2.31. The first-order valence-electron chi connectivity index (χ1n) is 4.87. The molecular weight excluding hydrogens is 269 g/mol. The van der Waals surface area contributed by atoms with Gasteiger partial charge in [-0.05, 0) is 31.2 Å². The molecule has 2 rings (SSSR count). The predicted molar refractivity (Wildman–Crippen MR) is 61.6 cm³/mol. The van der Waals surface area contributed by atoms with Crippen LogP contribution in [0.15, 0.2) is 24.3 Å². The normalized spacial score (nSPS) is 12.9. The Morgan fingerprint density at radius 2 is 1.89 bits per heavy atom. The molecule has 0 unspecified atom stereocenters. The van der Waals surface area contributed by atoms with E-state index < -0.39 is 15.5 Å². The van der Waals surface area contributed by atoms with Gasteiger partial charge in [0.2, 0.25) is 0 Å². The van der Waals surface area contributed by atoms with Gasteiger partial charge in [0.15, 0.2) is 0 Å². The van der Waals surface area contributed by atoms with E-state index in [2.05, 4.69) is 4.98 Å². The molecule has 0 saturated heterocycles. The molecule has 0 bridgehead atoms. The third-order valence-corrected chi connectivity index (χ3v) is 3.43. The van der Waals surface area contributed by atoms with E-state index in [9.17, 15) is 21.6 Å². The van der Waals surface area contributed by atoms with Crippen LogP contribution in [0.2, 0.25) is 0 Å². The topological polar surface area (TPSA) is 62.0 Å². The number of aromatic amines is 1. The maximum atomic E-state index is 12.2. The van der Waals surface area contributed by atoms with E-state index in [4.69, 9.17) is 0 Å². The molecule has 0 aliphatic rings. The summed E-state index contributed by atoms with van der Waals surface area (Å²) in [7, 11) is -5.37.